The molecular weight excluding hydrogens is 917 g/mol. The number of nitrogens with two attached hydrogens (primary N) is 4. The first kappa shape index (κ1) is 59.4. The summed E-state index contributed by atoms with van der Waals surface area (Å²) in [7, 11) is 0. The molecule has 0 spiro atoms. The molecule has 0 fully saturated rings. The Balaban J connectivity index is 3.02. The Morgan fingerprint density at radius 1 is 0.638 bits per heavy atom. The number of aliphatic imine (C=N–C) groups is 1. The third-order valence-corrected chi connectivity index (χ3v) is 9.82. The highest BCUT2D eigenvalue weighted by molar-refractivity contribution is 5.98. The number of nitrogens with one attached hydrogen (secondary N) is 9. The summed E-state index contributed by atoms with van der Waals surface area (Å²) in [6.45, 7) is 0.955. The number of aliphatic hydroxyl groups excluding tert-OH is 2. The van der Waals surface area contributed by atoms with Gasteiger partial charge in [-0.25, -0.2) is 4.79 Å². The Bertz CT molecular complexity index is 2000. The molecule has 0 saturated heterocycles. The van der Waals surface area contributed by atoms with Crippen LogP contribution in [0.5, 0.6) is 5.75 Å². The van der Waals surface area contributed by atoms with Gasteiger partial charge < -0.3 is 91.2 Å². The second-order valence-electron chi connectivity index (χ2n) is 15.4. The zero-order valence-corrected chi connectivity index (χ0v) is 38.2. The minimum atomic E-state index is -1.80. The fourth-order valence-corrected chi connectivity index (χ4v) is 5.85. The maximum atomic E-state index is 13.6. The van der Waals surface area contributed by atoms with Gasteiger partial charge >= 0.3 is 5.97 Å². The molecule has 0 aliphatic heterocycles. The number of carbonyl (C=O) groups is 11. The van der Waals surface area contributed by atoms with E-state index in [2.05, 4.69) is 52.8 Å². The van der Waals surface area contributed by atoms with Crippen LogP contribution in [-0.4, -0.2) is 173 Å². The van der Waals surface area contributed by atoms with Gasteiger partial charge in [-0.05, 0) is 43.4 Å². The fourth-order valence-electron chi connectivity index (χ4n) is 5.85. The molecule has 21 N–H and O–H groups in total. The van der Waals surface area contributed by atoms with Crippen molar-refractivity contribution < 1.29 is 73.2 Å². The first-order valence-electron chi connectivity index (χ1n) is 21.4. The number of guanidine groups is 1. The smallest absolute Gasteiger partial charge is 0.326 e. The molecule has 0 saturated carbocycles. The molecular formula is C40H64N14O15. The number of carbonyl (C=O) groups excluding carboxylic acids is 10. The summed E-state index contributed by atoms with van der Waals surface area (Å²) in [5.74, 6) is -12.1. The largest absolute Gasteiger partial charge is 0.508 e. The summed E-state index contributed by atoms with van der Waals surface area (Å²) in [4.78, 5) is 143. The van der Waals surface area contributed by atoms with Gasteiger partial charge in [0.2, 0.25) is 59.1 Å². The summed E-state index contributed by atoms with van der Waals surface area (Å²) < 4.78 is 0. The van der Waals surface area contributed by atoms with Crippen LogP contribution < -0.4 is 70.8 Å². The van der Waals surface area contributed by atoms with E-state index in [0.717, 1.165) is 6.92 Å². The molecule has 1 aromatic rings. The van der Waals surface area contributed by atoms with Gasteiger partial charge in [-0.3, -0.25) is 52.9 Å². The van der Waals surface area contributed by atoms with Crippen LogP contribution in [-0.2, 0) is 59.2 Å². The Labute approximate surface area is 395 Å². The van der Waals surface area contributed by atoms with E-state index in [1.54, 1.807) is 13.8 Å². The topological polar surface area (TPSA) is 493 Å². The van der Waals surface area contributed by atoms with Crippen LogP contribution in [0.25, 0.3) is 0 Å². The SMILES string of the molecule is CC[C@H](C)[C@H](NC(=O)[C@H](CO)NC(=O)CNC(=O)CN)C(=O)N[C@@H](CCCN=C(N)N)C(=O)NCC(=O)NCC(=O)N[C@H](C(=O)N[C@@H](CC(N)=O)C(=O)N[C@@H](Cc1ccc(O)cc1)C(=O)O)[C@@H](C)O. The number of benzene rings is 1. The van der Waals surface area contributed by atoms with Crippen molar-refractivity contribution in [2.24, 2.45) is 33.8 Å². The van der Waals surface area contributed by atoms with Crippen LogP contribution in [0.15, 0.2) is 29.3 Å². The number of nitrogens with zero attached hydrogens (tertiary/aromatic N) is 1. The number of aromatic hydroxyl groups is 1. The van der Waals surface area contributed by atoms with Crippen molar-refractivity contribution in [1.29, 1.82) is 0 Å². The Morgan fingerprint density at radius 2 is 1.17 bits per heavy atom. The lowest BCUT2D eigenvalue weighted by atomic mass is 9.97. The summed E-state index contributed by atoms with van der Waals surface area (Å²) in [6, 6.07) is -4.00. The van der Waals surface area contributed by atoms with Crippen LogP contribution in [0.1, 0.15) is 52.0 Å². The van der Waals surface area contributed by atoms with Crippen LogP contribution in [0.2, 0.25) is 0 Å². The molecule has 0 unspecified atom stereocenters. The summed E-state index contributed by atoms with van der Waals surface area (Å²) >= 11 is 0. The van der Waals surface area contributed by atoms with E-state index in [1.807, 2.05) is 0 Å². The molecule has 0 heterocycles. The van der Waals surface area contributed by atoms with Crippen molar-refractivity contribution in [3.8, 4) is 5.75 Å². The lowest BCUT2D eigenvalue weighted by Gasteiger charge is -2.28. The number of primary amides is 1. The Morgan fingerprint density at radius 3 is 1.71 bits per heavy atom. The maximum Gasteiger partial charge on any atom is 0.326 e. The molecule has 10 amide bonds. The molecule has 0 radical (unpaired) electrons. The van der Waals surface area contributed by atoms with Crippen LogP contribution in [0.4, 0.5) is 0 Å². The molecule has 69 heavy (non-hydrogen) atoms. The molecule has 1 aromatic carbocycles. The molecule has 0 aromatic heterocycles. The zero-order chi connectivity index (χ0) is 52.4. The number of carboxylic acids is 1. The molecule has 0 bridgehead atoms. The molecule has 1 rings (SSSR count). The van der Waals surface area contributed by atoms with Crippen molar-refractivity contribution in [3.05, 3.63) is 29.8 Å². The van der Waals surface area contributed by atoms with E-state index in [9.17, 15) is 73.2 Å². The Hall–Kier alpha value is -7.66. The van der Waals surface area contributed by atoms with Gasteiger partial charge in [0.05, 0.1) is 45.3 Å². The van der Waals surface area contributed by atoms with Crippen molar-refractivity contribution in [3.63, 3.8) is 0 Å². The highest BCUT2D eigenvalue weighted by Crippen LogP contribution is 2.13. The number of aliphatic hydroxyl groups is 2. The van der Waals surface area contributed by atoms with Gasteiger partial charge in [0.15, 0.2) is 5.96 Å². The van der Waals surface area contributed by atoms with E-state index in [1.165, 1.54) is 24.3 Å². The van der Waals surface area contributed by atoms with E-state index in [-0.39, 0.29) is 37.5 Å². The third kappa shape index (κ3) is 23.1. The number of phenolic OH excluding ortho intramolecular Hbond substituents is 1. The van der Waals surface area contributed by atoms with Crippen LogP contribution >= 0.6 is 0 Å². The summed E-state index contributed by atoms with van der Waals surface area (Å²) in [5.41, 5.74) is 21.6. The predicted octanol–water partition coefficient (Wildman–Crippen LogP) is -8.42. The molecule has 29 nitrogen and oxygen atoms in total. The van der Waals surface area contributed by atoms with E-state index in [0.29, 0.717) is 12.0 Å². The molecule has 384 valence electrons. The van der Waals surface area contributed by atoms with Crippen molar-refractivity contribution in [1.82, 2.24) is 47.9 Å². The maximum absolute atomic E-state index is 13.6. The van der Waals surface area contributed by atoms with Crippen molar-refractivity contribution >= 4 is 71.0 Å². The predicted molar refractivity (Wildman–Crippen MR) is 241 cm³/mol. The summed E-state index contributed by atoms with van der Waals surface area (Å²) in [5, 5.41) is 59.7. The van der Waals surface area contributed by atoms with Crippen molar-refractivity contribution in [2.45, 2.75) is 95.2 Å². The lowest BCUT2D eigenvalue weighted by molar-refractivity contribution is -0.142. The molecule has 29 heteroatoms. The second kappa shape index (κ2) is 30.6. The fraction of sp³-hybridized carbons (Fsp3) is 0.550. The number of aliphatic carboxylic acids is 1. The minimum absolute atomic E-state index is 0.0183. The average molecular weight is 981 g/mol. The molecule has 0 aliphatic carbocycles. The number of hydrogen-bond donors (Lipinski definition) is 17. The highest BCUT2D eigenvalue weighted by atomic mass is 16.4. The van der Waals surface area contributed by atoms with Gasteiger partial charge in [-0.1, -0.05) is 32.4 Å². The normalized spacial score (nSPS) is 14.2. The van der Waals surface area contributed by atoms with E-state index >= 15 is 0 Å². The van der Waals surface area contributed by atoms with Crippen LogP contribution in [0.3, 0.4) is 0 Å². The van der Waals surface area contributed by atoms with E-state index < -0.39 is 153 Å². The van der Waals surface area contributed by atoms with Crippen LogP contribution in [0, 0.1) is 5.92 Å². The van der Waals surface area contributed by atoms with E-state index in [4.69, 9.17) is 22.9 Å². The zero-order valence-electron chi connectivity index (χ0n) is 38.2. The number of rotatable bonds is 31. The average Bonchev–Trinajstić information content (AvgIpc) is 3.29. The third-order valence-electron chi connectivity index (χ3n) is 9.82. The Kier molecular flexibility index (Phi) is 26.3. The quantitative estimate of drug-likeness (QED) is 0.0187. The monoisotopic (exact) mass is 980 g/mol. The van der Waals surface area contributed by atoms with Gasteiger partial charge in [-0.2, -0.15) is 0 Å². The van der Waals surface area contributed by atoms with Gasteiger partial charge in [0, 0.05) is 13.0 Å². The number of amides is 10. The molecule has 8 atom stereocenters. The standard InChI is InChI=1S/C40H64N14O15/c1-4-19(2)32(54-36(65)26(18-55)49-30(61)16-46-28(59)14-41)37(66)50-23(6-5-11-45-40(43)44)34(63)48-15-29(60)47-17-31(62)53-33(20(3)56)38(67)51-24(13-27(42)58)35(64)52-25(39(68)69)12-21-7-9-22(57)10-8-21/h7-10,19-20,23-26,32-33,55-57H,4-6,11-18,41H2,1-3H3,(H2,42,58)(H,46,59)(H,47,60)(H,48,63)(H,49,61)(H,50,66)(H,51,67)(H,52,64)(H,53,62)(H,54,65)(H,68,69)(H4,43,44,45)/t19-,20+,23-,24-,25-,26-,32-,33-/m0/s1. The number of phenols is 1. The van der Waals surface area contributed by atoms with Crippen molar-refractivity contribution in [2.75, 3.05) is 39.3 Å². The second-order valence-corrected chi connectivity index (χ2v) is 15.4. The van der Waals surface area contributed by atoms with Gasteiger partial charge in [0.1, 0.15) is 42.0 Å². The first-order valence-corrected chi connectivity index (χ1v) is 21.4. The van der Waals surface area contributed by atoms with Gasteiger partial charge in [0.25, 0.3) is 0 Å². The van der Waals surface area contributed by atoms with Gasteiger partial charge in [-0.15, -0.1) is 0 Å². The minimum Gasteiger partial charge on any atom is -0.508 e. The molecule has 0 aliphatic rings. The number of hydrogen-bond acceptors (Lipinski definition) is 16. The lowest BCUT2D eigenvalue weighted by Crippen LogP contribution is -2.60. The summed E-state index contributed by atoms with van der Waals surface area (Å²) in [6.07, 6.45) is -2.39. The number of carboxylic acid groups (broad SMARTS) is 1. The highest BCUT2D eigenvalue weighted by Gasteiger charge is 2.34. The first-order chi connectivity index (χ1) is 32.4.